The van der Waals surface area contributed by atoms with E-state index in [0.717, 1.165) is 33.4 Å². The van der Waals surface area contributed by atoms with Gasteiger partial charge in [-0.15, -0.1) is 0 Å². The topological polar surface area (TPSA) is 166 Å². The van der Waals surface area contributed by atoms with Gasteiger partial charge in [0, 0.05) is 19.6 Å². The number of benzene rings is 6. The lowest BCUT2D eigenvalue weighted by Gasteiger charge is -2.49. The summed E-state index contributed by atoms with van der Waals surface area (Å²) in [5, 5.41) is 2.99. The van der Waals surface area contributed by atoms with Crippen molar-refractivity contribution in [1.29, 1.82) is 0 Å². The van der Waals surface area contributed by atoms with Gasteiger partial charge >= 0.3 is 7.82 Å². The Balaban J connectivity index is 1.01. The highest BCUT2D eigenvalue weighted by molar-refractivity contribution is 7.48. The van der Waals surface area contributed by atoms with E-state index in [0.29, 0.717) is 0 Å². The maximum atomic E-state index is 15.1. The molecule has 6 aromatic carbocycles. The van der Waals surface area contributed by atoms with Gasteiger partial charge in [-0.2, -0.15) is 0 Å². The fraction of sp³-hybridized carbons (Fsp3) is 0.362. The van der Waals surface area contributed by atoms with E-state index in [9.17, 15) is 4.79 Å². The van der Waals surface area contributed by atoms with Gasteiger partial charge in [-0.05, 0) is 27.8 Å². The second-order valence-corrected chi connectivity index (χ2v) is 19.8. The lowest BCUT2D eigenvalue weighted by Crippen LogP contribution is -2.66. The lowest BCUT2D eigenvalue weighted by atomic mass is 9.96. The number of rotatable bonds is 25. The molecular weight excluding hydrogens is 982 g/mol. The average Bonchev–Trinajstić information content (AvgIpc) is 3.45. The third-order valence-corrected chi connectivity index (χ3v) is 14.1. The van der Waals surface area contributed by atoms with Crippen molar-refractivity contribution in [2.75, 3.05) is 27.1 Å². The first-order valence-corrected chi connectivity index (χ1v) is 26.5. The van der Waals surface area contributed by atoms with Gasteiger partial charge in [-0.25, -0.2) is 4.57 Å². The molecule has 3 aliphatic heterocycles. The Morgan fingerprint density at radius 1 is 0.547 bits per heavy atom. The Morgan fingerprint density at radius 3 is 1.51 bits per heavy atom. The van der Waals surface area contributed by atoms with E-state index in [-0.39, 0.29) is 58.9 Å². The Hall–Kier alpha value is -5.50. The molecule has 3 saturated heterocycles. The predicted molar refractivity (Wildman–Crippen MR) is 274 cm³/mol. The quantitative estimate of drug-likeness (QED) is 0.0327. The summed E-state index contributed by atoms with van der Waals surface area (Å²) in [6, 6.07) is 56.5. The van der Waals surface area contributed by atoms with Gasteiger partial charge in [-0.1, -0.05) is 182 Å². The van der Waals surface area contributed by atoms with Crippen LogP contribution in [0.5, 0.6) is 0 Å². The summed E-state index contributed by atoms with van der Waals surface area (Å²) in [4.78, 5) is 12.7. The number of carbonyl (C=O) groups is 1. The van der Waals surface area contributed by atoms with E-state index >= 15 is 4.57 Å². The number of amides is 1. The number of ether oxygens (including phenoxy) is 10. The van der Waals surface area contributed by atoms with Crippen molar-refractivity contribution in [2.45, 2.75) is 108 Å². The van der Waals surface area contributed by atoms with Crippen LogP contribution in [0.3, 0.4) is 0 Å². The molecule has 11 atom stereocenters. The average molecular weight is 1050 g/mol. The third kappa shape index (κ3) is 15.3. The van der Waals surface area contributed by atoms with Crippen molar-refractivity contribution in [3.05, 3.63) is 215 Å². The minimum absolute atomic E-state index is 0.0651. The number of phosphoric acid groups is 1. The summed E-state index contributed by atoms with van der Waals surface area (Å²) in [7, 11) is -3.01. The maximum absolute atomic E-state index is 15.1. The van der Waals surface area contributed by atoms with Crippen LogP contribution >= 0.6 is 7.82 Å². The molecule has 0 aromatic heterocycles. The molecule has 0 aliphatic carbocycles. The summed E-state index contributed by atoms with van der Waals surface area (Å²) in [5.41, 5.74) is 4.99. The first-order valence-electron chi connectivity index (χ1n) is 25.0. The minimum atomic E-state index is -4.51. The van der Waals surface area contributed by atoms with Crippen molar-refractivity contribution in [3.8, 4) is 0 Å². The van der Waals surface area contributed by atoms with Crippen LogP contribution in [0.2, 0.25) is 0 Å². The van der Waals surface area contributed by atoms with Gasteiger partial charge in [0.1, 0.15) is 55.6 Å². The van der Waals surface area contributed by atoms with Gasteiger partial charge in [0.05, 0.1) is 46.2 Å². The minimum Gasteiger partial charge on any atom is -0.368 e. The molecule has 396 valence electrons. The number of hydrogen-bond donors (Lipinski definition) is 1. The molecule has 9 rings (SSSR count). The maximum Gasteiger partial charge on any atom is 0.477 e. The Bertz CT molecular complexity index is 2600. The zero-order chi connectivity index (χ0) is 51.7. The number of phosphoric ester groups is 1. The van der Waals surface area contributed by atoms with Crippen LogP contribution in [0.25, 0.3) is 0 Å². The number of carbonyl (C=O) groups excluding carboxylic acids is 1. The molecular formula is C58H64NO15P. The van der Waals surface area contributed by atoms with E-state index in [1.165, 1.54) is 14.0 Å². The molecule has 75 heavy (non-hydrogen) atoms. The highest BCUT2D eigenvalue weighted by Gasteiger charge is 2.54. The molecule has 16 nitrogen and oxygen atoms in total. The molecule has 3 fully saturated rings. The van der Waals surface area contributed by atoms with Crippen molar-refractivity contribution in [2.24, 2.45) is 0 Å². The van der Waals surface area contributed by atoms with E-state index in [1.54, 1.807) is 0 Å². The molecule has 6 aromatic rings. The van der Waals surface area contributed by atoms with E-state index in [1.807, 2.05) is 182 Å². The first-order chi connectivity index (χ1) is 36.8. The number of nitrogens with one attached hydrogen (secondary N) is 1. The molecule has 0 spiro atoms. The summed E-state index contributed by atoms with van der Waals surface area (Å²) >= 11 is 0. The number of hydrogen-bond acceptors (Lipinski definition) is 15. The second kappa shape index (κ2) is 27.5. The number of fused-ring (bicyclic) bond motifs is 1. The molecule has 0 bridgehead atoms. The van der Waals surface area contributed by atoms with Crippen molar-refractivity contribution >= 4 is 13.7 Å². The van der Waals surface area contributed by atoms with Crippen LogP contribution in [0, 0.1) is 0 Å². The van der Waals surface area contributed by atoms with Gasteiger partial charge in [0.2, 0.25) is 5.91 Å². The van der Waals surface area contributed by atoms with Crippen molar-refractivity contribution in [1.82, 2.24) is 5.32 Å². The highest BCUT2D eigenvalue weighted by atomic mass is 31.2. The van der Waals surface area contributed by atoms with E-state index in [4.69, 9.17) is 60.9 Å². The van der Waals surface area contributed by atoms with Gasteiger partial charge < -0.3 is 52.7 Å². The first kappa shape index (κ1) is 54.3. The molecule has 1 amide bonds. The van der Waals surface area contributed by atoms with Crippen LogP contribution in [-0.4, -0.2) is 94.4 Å². The highest BCUT2D eigenvalue weighted by Crippen LogP contribution is 2.54. The normalized spacial score (nSPS) is 25.8. The summed E-state index contributed by atoms with van der Waals surface area (Å²) < 4.78 is 99.2. The molecule has 3 heterocycles. The van der Waals surface area contributed by atoms with E-state index < -0.39 is 75.5 Å². The third-order valence-electron chi connectivity index (χ3n) is 12.8. The predicted octanol–water partition coefficient (Wildman–Crippen LogP) is 9.38. The lowest BCUT2D eigenvalue weighted by molar-refractivity contribution is -0.367. The Kier molecular flexibility index (Phi) is 19.9. The molecule has 0 unspecified atom stereocenters. The largest absolute Gasteiger partial charge is 0.477 e. The zero-order valence-corrected chi connectivity index (χ0v) is 42.8. The second-order valence-electron chi connectivity index (χ2n) is 18.2. The molecule has 3 aliphatic rings. The van der Waals surface area contributed by atoms with Crippen LogP contribution < -0.4 is 5.32 Å². The number of methoxy groups -OCH3 is 1. The standard InChI is InChI=1S/C58H64NO15P/c1-41(60)59-50-53(65-34-43-23-11-4-12-24-43)51(64-33-42-21-9-3-10-22-42)48(71-57(50)62-2)38-63-40-68-55-54(66-35-44-25-13-5-14-26-44)52-49(39-67-56(73-52)47-31-19-8-20-32-47)72-58(55)74-75(61,69-36-45-27-15-6-16-28-45)70-37-46-29-17-7-18-30-46/h3-32,48-58H,33-40H2,1-2H3,(H,59,60)/t48-,49-,50-,51-,52+,53-,54+,55-,56+,57-,58-/m1/s1. The summed E-state index contributed by atoms with van der Waals surface area (Å²) in [5.74, 6) is -0.300. The monoisotopic (exact) mass is 1050 g/mol. The van der Waals surface area contributed by atoms with Crippen molar-refractivity contribution < 1.29 is 70.3 Å². The molecule has 0 radical (unpaired) electrons. The van der Waals surface area contributed by atoms with Crippen LogP contribution in [0.4, 0.5) is 0 Å². The molecule has 1 N–H and O–H groups in total. The van der Waals surface area contributed by atoms with Crippen molar-refractivity contribution in [3.63, 3.8) is 0 Å². The zero-order valence-electron chi connectivity index (χ0n) is 41.9. The molecule has 17 heteroatoms. The Labute approximate surface area is 437 Å². The van der Waals surface area contributed by atoms with Crippen LogP contribution in [-0.2, 0) is 103 Å². The van der Waals surface area contributed by atoms with Gasteiger partial charge in [-0.3, -0.25) is 18.4 Å². The van der Waals surface area contributed by atoms with Gasteiger partial charge in [0.15, 0.2) is 18.9 Å². The molecule has 0 saturated carbocycles. The smallest absolute Gasteiger partial charge is 0.368 e. The van der Waals surface area contributed by atoms with E-state index in [2.05, 4.69) is 5.32 Å². The Morgan fingerprint density at radius 2 is 1.01 bits per heavy atom. The summed E-state index contributed by atoms with van der Waals surface area (Å²) in [6.45, 7) is 1.35. The summed E-state index contributed by atoms with van der Waals surface area (Å²) in [6.07, 6.45) is -9.27. The van der Waals surface area contributed by atoms with Gasteiger partial charge in [0.25, 0.3) is 0 Å². The SMILES string of the molecule is CO[C@@H]1O[C@H](COCO[C@H]2[C@@H](OP(=O)(OCc3ccccc3)OCc3ccccc3)O[C@@H]3CO[C@H](c4ccccc4)O[C@@H]3[C@@H]2OCc2ccccc2)[C@@H](OCc2ccccc2)[C@H](OCc2ccccc2)[C@H]1NC(C)=O. The van der Waals surface area contributed by atoms with Crippen LogP contribution in [0.1, 0.15) is 46.6 Å². The fourth-order valence-corrected chi connectivity index (χ4v) is 10.3. The fourth-order valence-electron chi connectivity index (χ4n) is 9.08. The van der Waals surface area contributed by atoms with Crippen LogP contribution in [0.15, 0.2) is 182 Å².